The highest BCUT2D eigenvalue weighted by atomic mass is 16.5. The normalized spacial score (nSPS) is 24.3. The average molecular weight is 364 g/mol. The van der Waals surface area contributed by atoms with E-state index < -0.39 is 5.97 Å². The van der Waals surface area contributed by atoms with Gasteiger partial charge < -0.3 is 25.3 Å². The molecular weight excluding hydrogens is 336 g/mol. The van der Waals surface area contributed by atoms with E-state index in [1.807, 2.05) is 13.0 Å². The number of quaternary nitrogens is 1. The summed E-state index contributed by atoms with van der Waals surface area (Å²) in [6, 6.07) is 2.15. The maximum atomic E-state index is 12.3. The predicted octanol–water partition coefficient (Wildman–Crippen LogP) is -0.406. The summed E-state index contributed by atoms with van der Waals surface area (Å²) in [5.41, 5.74) is 4.84. The van der Waals surface area contributed by atoms with E-state index in [-0.39, 0.29) is 12.0 Å². The summed E-state index contributed by atoms with van der Waals surface area (Å²) in [4.78, 5) is 32.4. The number of carbonyl (C=O) groups excluding carboxylic acids is 2. The van der Waals surface area contributed by atoms with Gasteiger partial charge in [0.05, 0.1) is 7.11 Å². The Morgan fingerprint density at radius 1 is 1.35 bits per heavy atom. The Labute approximate surface area is 153 Å². The van der Waals surface area contributed by atoms with Crippen molar-refractivity contribution < 1.29 is 25.2 Å². The Bertz CT molecular complexity index is 648. The molecule has 1 aromatic heterocycles. The lowest BCUT2D eigenvalue weighted by molar-refractivity contribution is -0.387. The number of carbonyl (C=O) groups is 2. The Balaban J connectivity index is 0.000000552. The minimum Gasteiger partial charge on any atom is -0.550 e. The molecule has 8 nitrogen and oxygen atoms in total. The van der Waals surface area contributed by atoms with E-state index >= 15 is 0 Å². The Hall–Kier alpha value is -2.22. The zero-order chi connectivity index (χ0) is 19.3. The number of carboxylic acids is 1. The van der Waals surface area contributed by atoms with Gasteiger partial charge in [-0.3, -0.25) is 0 Å². The maximum absolute atomic E-state index is 12.3. The number of anilines is 1. The van der Waals surface area contributed by atoms with Crippen LogP contribution in [0.1, 0.15) is 50.5 Å². The fourth-order valence-corrected chi connectivity index (χ4v) is 4.01. The monoisotopic (exact) mass is 364 g/mol. The summed E-state index contributed by atoms with van der Waals surface area (Å²) < 4.78 is 5.04. The molecule has 2 fully saturated rings. The highest BCUT2D eigenvalue weighted by molar-refractivity contribution is 5.80. The number of esters is 1. The lowest BCUT2D eigenvalue weighted by Crippen LogP contribution is -2.48. The van der Waals surface area contributed by atoms with Gasteiger partial charge in [-0.1, -0.05) is 12.8 Å². The second-order valence-electron chi connectivity index (χ2n) is 6.80. The van der Waals surface area contributed by atoms with Gasteiger partial charge in [0.25, 0.3) is 0 Å². The molecule has 8 heteroatoms. The summed E-state index contributed by atoms with van der Waals surface area (Å²) in [6.07, 6.45) is 5.68. The first-order chi connectivity index (χ1) is 12.4. The number of nitrogens with zero attached hydrogens (tertiary/aromatic N) is 3. The van der Waals surface area contributed by atoms with Crippen molar-refractivity contribution in [3.05, 3.63) is 17.6 Å². The molecule has 1 aromatic rings. The van der Waals surface area contributed by atoms with E-state index in [0.717, 1.165) is 37.1 Å². The van der Waals surface area contributed by atoms with Crippen LogP contribution in [-0.2, 0) is 20.9 Å². The summed E-state index contributed by atoms with van der Waals surface area (Å²) in [5, 5.41) is 8.89. The summed E-state index contributed by atoms with van der Waals surface area (Å²) in [7, 11) is 1.47. The topological polar surface area (TPSA) is 123 Å². The zero-order valence-corrected chi connectivity index (χ0v) is 15.7. The Morgan fingerprint density at radius 2 is 2.00 bits per heavy atom. The van der Waals surface area contributed by atoms with Crippen LogP contribution >= 0.6 is 0 Å². The second-order valence-corrected chi connectivity index (χ2v) is 6.80. The molecule has 0 spiro atoms. The number of aromatic nitrogens is 2. The van der Waals surface area contributed by atoms with Crippen LogP contribution in [0.3, 0.4) is 0 Å². The molecular formula is C18H28N4O4. The summed E-state index contributed by atoms with van der Waals surface area (Å²) >= 11 is 0. The van der Waals surface area contributed by atoms with Gasteiger partial charge in [-0.15, -0.1) is 0 Å². The molecule has 1 saturated carbocycles. The van der Waals surface area contributed by atoms with Crippen LogP contribution in [0.2, 0.25) is 0 Å². The number of hydrogen-bond donors (Lipinski definition) is 1. The van der Waals surface area contributed by atoms with Crippen molar-refractivity contribution in [2.24, 2.45) is 5.92 Å². The van der Waals surface area contributed by atoms with E-state index in [2.05, 4.69) is 20.6 Å². The molecule has 26 heavy (non-hydrogen) atoms. The smallest absolute Gasteiger partial charge is 0.328 e. The van der Waals surface area contributed by atoms with Crippen molar-refractivity contribution in [3.8, 4) is 0 Å². The molecule has 1 saturated heterocycles. The fraction of sp³-hybridized carbons (Fsp3) is 0.667. The Morgan fingerprint density at radius 3 is 2.62 bits per heavy atom. The van der Waals surface area contributed by atoms with Crippen molar-refractivity contribution >= 4 is 17.8 Å². The van der Waals surface area contributed by atoms with Gasteiger partial charge in [0.2, 0.25) is 0 Å². The first-order valence-corrected chi connectivity index (χ1v) is 9.05. The van der Waals surface area contributed by atoms with Gasteiger partial charge in [0.15, 0.2) is 0 Å². The largest absolute Gasteiger partial charge is 0.550 e. The number of hydrogen-bond acceptors (Lipinski definition) is 7. The molecule has 144 valence electrons. The van der Waals surface area contributed by atoms with Crippen LogP contribution < -0.4 is 15.7 Å². The third-order valence-corrected chi connectivity index (χ3v) is 4.96. The molecule has 3 atom stereocenters. The third kappa shape index (κ3) is 4.69. The van der Waals surface area contributed by atoms with Crippen LogP contribution in [0.4, 0.5) is 5.82 Å². The predicted molar refractivity (Wildman–Crippen MR) is 92.7 cm³/mol. The third-order valence-electron chi connectivity index (χ3n) is 4.96. The lowest BCUT2D eigenvalue weighted by atomic mass is 9.85. The minimum absolute atomic E-state index is 0.151. The highest BCUT2D eigenvalue weighted by Crippen LogP contribution is 2.42. The van der Waals surface area contributed by atoms with Crippen LogP contribution in [-0.4, -0.2) is 41.1 Å². The molecule has 0 aromatic carbocycles. The number of rotatable bonds is 3. The quantitative estimate of drug-likeness (QED) is 0.723. The summed E-state index contributed by atoms with van der Waals surface area (Å²) in [5.74, 6) is 0.924. The van der Waals surface area contributed by atoms with Gasteiger partial charge in [0.1, 0.15) is 29.9 Å². The van der Waals surface area contributed by atoms with Crippen LogP contribution in [0.5, 0.6) is 0 Å². The van der Waals surface area contributed by atoms with E-state index in [0.29, 0.717) is 18.5 Å². The molecule has 3 rings (SSSR count). The highest BCUT2D eigenvalue weighted by Gasteiger charge is 2.46. The van der Waals surface area contributed by atoms with Crippen molar-refractivity contribution in [1.29, 1.82) is 0 Å². The summed E-state index contributed by atoms with van der Waals surface area (Å²) in [6.45, 7) is 3.49. The molecule has 1 aliphatic carbocycles. The number of ether oxygens (including phenoxy) is 1. The fourth-order valence-electron chi connectivity index (χ4n) is 4.01. The van der Waals surface area contributed by atoms with Gasteiger partial charge >= 0.3 is 5.97 Å². The molecule has 1 aliphatic heterocycles. The maximum Gasteiger partial charge on any atom is 0.328 e. The molecule has 0 radical (unpaired) electrons. The van der Waals surface area contributed by atoms with E-state index in [4.69, 9.17) is 14.6 Å². The molecule has 0 amide bonds. The first-order valence-electron chi connectivity index (χ1n) is 9.05. The van der Waals surface area contributed by atoms with Crippen molar-refractivity contribution in [2.45, 2.75) is 64.6 Å². The first kappa shape index (κ1) is 20.1. The number of methoxy groups -OCH3 is 1. The Kier molecular flexibility index (Phi) is 6.90. The van der Waals surface area contributed by atoms with Crippen LogP contribution in [0.15, 0.2) is 6.07 Å². The minimum atomic E-state index is -1.08. The lowest BCUT2D eigenvalue weighted by Gasteiger charge is -2.34. The van der Waals surface area contributed by atoms with Gasteiger partial charge in [-0.2, -0.15) is 0 Å². The number of aliphatic carboxylic acids is 1. The van der Waals surface area contributed by atoms with E-state index in [9.17, 15) is 4.79 Å². The molecule has 2 heterocycles. The van der Waals surface area contributed by atoms with Gasteiger partial charge in [-0.25, -0.2) is 14.8 Å². The average Bonchev–Trinajstić information content (AvgIpc) is 2.99. The number of fused-ring (bicyclic) bond motifs is 1. The molecule has 0 bridgehead atoms. The SMILES string of the molecule is CC(=O)[O-].COC(=O)[C@@H]1C[C@@H]2CCCC[C@@H]2N1c1cc(C[NH3+])nc(C)n1. The number of carboxylic acid groups (broad SMARTS) is 1. The van der Waals surface area contributed by atoms with Crippen LogP contribution in [0.25, 0.3) is 0 Å². The van der Waals surface area contributed by atoms with Gasteiger partial charge in [-0.05, 0) is 39.0 Å². The molecule has 0 unspecified atom stereocenters. The number of aryl methyl sites for hydroxylation is 1. The second kappa shape index (κ2) is 8.93. The molecule has 2 aliphatic rings. The van der Waals surface area contributed by atoms with Crippen molar-refractivity contribution in [2.75, 3.05) is 12.0 Å². The van der Waals surface area contributed by atoms with Gasteiger partial charge in [0, 0.05) is 18.1 Å². The molecule has 3 N–H and O–H groups in total. The van der Waals surface area contributed by atoms with Crippen molar-refractivity contribution in [1.82, 2.24) is 9.97 Å². The van der Waals surface area contributed by atoms with E-state index in [1.165, 1.54) is 26.4 Å². The van der Waals surface area contributed by atoms with E-state index in [1.54, 1.807) is 0 Å². The van der Waals surface area contributed by atoms with Crippen LogP contribution in [0, 0.1) is 12.8 Å². The van der Waals surface area contributed by atoms with Crippen molar-refractivity contribution in [3.63, 3.8) is 0 Å². The zero-order valence-electron chi connectivity index (χ0n) is 15.7. The standard InChI is InChI=1S/C16H24N4O2.C2H4O2/c1-10-18-12(9-17)8-15(19-10)20-13-6-4-3-5-11(13)7-14(20)16(21)22-2;1-2(3)4/h8,11,13-14H,3-7,9,17H2,1-2H3;1H3,(H,3,4)/t11-,13-,14-;/m0./s1.